The molecule has 0 saturated heterocycles. The summed E-state index contributed by atoms with van der Waals surface area (Å²) in [6.07, 6.45) is 3.45. The topological polar surface area (TPSA) is 56.7 Å². The molecule has 2 heterocycles. The van der Waals surface area contributed by atoms with Crippen molar-refractivity contribution in [2.45, 2.75) is 13.5 Å². The number of nitrogen functional groups attached to an aromatic ring is 1. The van der Waals surface area contributed by atoms with Gasteiger partial charge in [0.25, 0.3) is 0 Å². The third-order valence-electron chi connectivity index (χ3n) is 1.95. The Morgan fingerprint density at radius 3 is 3.00 bits per heavy atom. The van der Waals surface area contributed by atoms with Crippen molar-refractivity contribution in [3.05, 3.63) is 16.1 Å². The van der Waals surface area contributed by atoms with Gasteiger partial charge in [0, 0.05) is 6.54 Å². The molecule has 0 spiro atoms. The zero-order chi connectivity index (χ0) is 9.42. The Morgan fingerprint density at radius 2 is 2.31 bits per heavy atom. The third kappa shape index (κ3) is 1.27. The molecule has 0 amide bonds. The molecular weight excluding hydrogens is 279 g/mol. The minimum absolute atomic E-state index is 0.696. The summed E-state index contributed by atoms with van der Waals surface area (Å²) in [5.74, 6) is 0. The molecule has 2 aromatic heterocycles. The molecule has 5 heteroatoms. The van der Waals surface area contributed by atoms with E-state index in [9.17, 15) is 0 Å². The van der Waals surface area contributed by atoms with Crippen LogP contribution in [0.1, 0.15) is 6.92 Å². The van der Waals surface area contributed by atoms with E-state index in [4.69, 9.17) is 5.73 Å². The largest absolute Gasteiger partial charge is 0.397 e. The van der Waals surface area contributed by atoms with E-state index < -0.39 is 0 Å². The summed E-state index contributed by atoms with van der Waals surface area (Å²) in [5.41, 5.74) is 7.51. The Hall–Kier alpha value is -0.850. The average molecular weight is 288 g/mol. The van der Waals surface area contributed by atoms with Gasteiger partial charge in [-0.15, -0.1) is 0 Å². The van der Waals surface area contributed by atoms with Crippen molar-refractivity contribution >= 4 is 39.2 Å². The van der Waals surface area contributed by atoms with Gasteiger partial charge in [0.2, 0.25) is 0 Å². The number of anilines is 1. The molecular formula is C8H9IN4. The number of halogens is 1. The van der Waals surface area contributed by atoms with E-state index >= 15 is 0 Å². The fraction of sp³-hybridized carbons (Fsp3) is 0.250. The molecule has 0 bridgehead atoms. The van der Waals surface area contributed by atoms with Crippen LogP contribution >= 0.6 is 22.6 Å². The minimum Gasteiger partial charge on any atom is -0.397 e. The van der Waals surface area contributed by atoms with Crippen molar-refractivity contribution in [1.29, 1.82) is 0 Å². The normalized spacial score (nSPS) is 10.9. The first-order valence-corrected chi connectivity index (χ1v) is 5.07. The van der Waals surface area contributed by atoms with Gasteiger partial charge in [-0.25, -0.2) is 0 Å². The number of aromatic nitrogens is 3. The van der Waals surface area contributed by atoms with Crippen molar-refractivity contribution in [2.24, 2.45) is 0 Å². The molecule has 2 aromatic rings. The number of aryl methyl sites for hydroxylation is 1. The van der Waals surface area contributed by atoms with Crippen LogP contribution in [0.25, 0.3) is 10.9 Å². The van der Waals surface area contributed by atoms with Crippen LogP contribution < -0.4 is 5.73 Å². The smallest absolute Gasteiger partial charge is 0.133 e. The second-order valence-corrected chi connectivity index (χ2v) is 3.75. The summed E-state index contributed by atoms with van der Waals surface area (Å²) < 4.78 is 2.84. The first kappa shape index (κ1) is 8.74. The monoisotopic (exact) mass is 288 g/mol. The molecule has 2 N–H and O–H groups in total. The maximum Gasteiger partial charge on any atom is 0.133 e. The Balaban J connectivity index is 2.87. The second kappa shape index (κ2) is 3.13. The molecule has 0 atom stereocenters. The maximum atomic E-state index is 5.80. The summed E-state index contributed by atoms with van der Waals surface area (Å²) in [5, 5.41) is 5.36. The predicted octanol–water partition coefficient (Wildman–Crippen LogP) is 1.64. The van der Waals surface area contributed by atoms with Crippen molar-refractivity contribution in [3.8, 4) is 0 Å². The molecule has 2 rings (SSSR count). The van der Waals surface area contributed by atoms with Gasteiger partial charge in [0.1, 0.15) is 3.70 Å². The van der Waals surface area contributed by atoms with Crippen LogP contribution in [0.15, 0.2) is 12.4 Å². The fourth-order valence-electron chi connectivity index (χ4n) is 1.34. The molecule has 13 heavy (non-hydrogen) atoms. The van der Waals surface area contributed by atoms with Gasteiger partial charge in [-0.2, -0.15) is 5.10 Å². The Bertz CT molecular complexity index is 449. The zero-order valence-corrected chi connectivity index (χ0v) is 9.32. The molecule has 0 aromatic carbocycles. The lowest BCUT2D eigenvalue weighted by molar-refractivity contribution is 0.677. The van der Waals surface area contributed by atoms with Crippen LogP contribution in [0.4, 0.5) is 5.69 Å². The number of hydrogen-bond donors (Lipinski definition) is 1. The van der Waals surface area contributed by atoms with Crippen LogP contribution in [0.5, 0.6) is 0 Å². The molecule has 4 nitrogen and oxygen atoms in total. The van der Waals surface area contributed by atoms with E-state index in [1.807, 2.05) is 11.6 Å². The molecule has 0 radical (unpaired) electrons. The Kier molecular flexibility index (Phi) is 2.10. The quantitative estimate of drug-likeness (QED) is 0.812. The van der Waals surface area contributed by atoms with Crippen LogP contribution in [0.3, 0.4) is 0 Å². The van der Waals surface area contributed by atoms with Gasteiger partial charge in [-0.3, -0.25) is 9.67 Å². The average Bonchev–Trinajstić information content (AvgIpc) is 2.44. The lowest BCUT2D eigenvalue weighted by Gasteiger charge is -1.97. The van der Waals surface area contributed by atoms with Gasteiger partial charge in [-0.05, 0) is 29.5 Å². The standard InChI is InChI=1S/C8H9IN4/c1-2-13-6-4-11-3-5(10)7(6)8(9)12-13/h3-4H,2,10H2,1H3. The van der Waals surface area contributed by atoms with E-state index in [-0.39, 0.29) is 0 Å². The van der Waals surface area contributed by atoms with Crippen LogP contribution in [0.2, 0.25) is 0 Å². The summed E-state index contributed by atoms with van der Waals surface area (Å²) in [6.45, 7) is 2.89. The van der Waals surface area contributed by atoms with Gasteiger partial charge in [-0.1, -0.05) is 0 Å². The molecule has 68 valence electrons. The number of nitrogens with zero attached hydrogens (tertiary/aromatic N) is 3. The number of pyridine rings is 1. The van der Waals surface area contributed by atoms with E-state index in [0.29, 0.717) is 5.69 Å². The van der Waals surface area contributed by atoms with E-state index in [1.165, 1.54) is 0 Å². The molecule has 0 saturated carbocycles. The van der Waals surface area contributed by atoms with Gasteiger partial charge in [0.05, 0.1) is 29.0 Å². The van der Waals surface area contributed by atoms with Crippen molar-refractivity contribution in [2.75, 3.05) is 5.73 Å². The van der Waals surface area contributed by atoms with Gasteiger partial charge < -0.3 is 5.73 Å². The molecule has 0 aliphatic heterocycles. The number of fused-ring (bicyclic) bond motifs is 1. The number of nitrogens with two attached hydrogens (primary N) is 1. The van der Waals surface area contributed by atoms with E-state index in [0.717, 1.165) is 21.1 Å². The van der Waals surface area contributed by atoms with Crippen LogP contribution in [0, 0.1) is 3.70 Å². The second-order valence-electron chi connectivity index (χ2n) is 2.73. The van der Waals surface area contributed by atoms with E-state index in [1.54, 1.807) is 12.4 Å². The first-order chi connectivity index (χ1) is 6.24. The number of hydrogen-bond acceptors (Lipinski definition) is 3. The summed E-state index contributed by atoms with van der Waals surface area (Å²) >= 11 is 2.19. The lowest BCUT2D eigenvalue weighted by Crippen LogP contribution is -1.96. The highest BCUT2D eigenvalue weighted by Crippen LogP contribution is 2.24. The summed E-state index contributed by atoms with van der Waals surface area (Å²) in [6, 6.07) is 0. The Labute approximate surface area is 89.3 Å². The highest BCUT2D eigenvalue weighted by molar-refractivity contribution is 14.1. The highest BCUT2D eigenvalue weighted by atomic mass is 127. The predicted molar refractivity (Wildman–Crippen MR) is 60.3 cm³/mol. The van der Waals surface area contributed by atoms with Crippen LogP contribution in [-0.4, -0.2) is 14.8 Å². The highest BCUT2D eigenvalue weighted by Gasteiger charge is 2.09. The minimum atomic E-state index is 0.696. The first-order valence-electron chi connectivity index (χ1n) is 3.99. The van der Waals surface area contributed by atoms with Crippen molar-refractivity contribution in [3.63, 3.8) is 0 Å². The van der Waals surface area contributed by atoms with Crippen molar-refractivity contribution in [1.82, 2.24) is 14.8 Å². The third-order valence-corrected chi connectivity index (χ3v) is 2.70. The maximum absolute atomic E-state index is 5.80. The van der Waals surface area contributed by atoms with Crippen LogP contribution in [-0.2, 0) is 6.54 Å². The van der Waals surface area contributed by atoms with Gasteiger partial charge >= 0.3 is 0 Å². The van der Waals surface area contributed by atoms with Gasteiger partial charge in [0.15, 0.2) is 0 Å². The van der Waals surface area contributed by atoms with E-state index in [2.05, 4.69) is 32.7 Å². The summed E-state index contributed by atoms with van der Waals surface area (Å²) in [7, 11) is 0. The molecule has 0 aliphatic carbocycles. The Morgan fingerprint density at radius 1 is 1.54 bits per heavy atom. The fourth-order valence-corrected chi connectivity index (χ4v) is 2.18. The molecule has 0 unspecified atom stereocenters. The zero-order valence-electron chi connectivity index (χ0n) is 7.16. The number of rotatable bonds is 1. The SMILES string of the molecule is CCn1nc(I)c2c(N)cncc21. The molecule has 0 aliphatic rings. The van der Waals surface area contributed by atoms with Crippen molar-refractivity contribution < 1.29 is 0 Å². The lowest BCUT2D eigenvalue weighted by atomic mass is 10.3. The summed E-state index contributed by atoms with van der Waals surface area (Å²) in [4.78, 5) is 4.05. The molecule has 0 fully saturated rings.